The van der Waals surface area contributed by atoms with Gasteiger partial charge in [-0.2, -0.15) is 0 Å². The highest BCUT2D eigenvalue weighted by Gasteiger charge is 2.21. The lowest BCUT2D eigenvalue weighted by atomic mass is 9.90. The molecule has 1 aliphatic carbocycles. The molecule has 4 N–H and O–H groups in total. The van der Waals surface area contributed by atoms with Crippen LogP contribution in [0.15, 0.2) is 121 Å². The van der Waals surface area contributed by atoms with Gasteiger partial charge in [-0.1, -0.05) is 24.3 Å². The van der Waals surface area contributed by atoms with Crippen molar-refractivity contribution >= 4 is 22.9 Å². The van der Waals surface area contributed by atoms with Crippen LogP contribution in [0.2, 0.25) is 0 Å². The number of carbonyl (C=O) groups excluding carboxylic acids is 2. The third-order valence-electron chi connectivity index (χ3n) is 6.16. The third kappa shape index (κ3) is 5.82. The van der Waals surface area contributed by atoms with Crippen molar-refractivity contribution in [1.29, 1.82) is 0 Å². The van der Waals surface area contributed by atoms with E-state index in [4.69, 9.17) is 20.9 Å². The standard InChI is InChI=1S/C32H26N2O4/c33-25-8-16-29(17-9-25)37-27-12-4-21(5-13-27)31(35)23-2-1-3-24(20-23)32(36)22-6-14-28(15-7-22)38-30-18-10-26(34)11-19-30/h1-6,8-20,22H,7,33-34H2. The van der Waals surface area contributed by atoms with E-state index in [1.165, 1.54) is 0 Å². The summed E-state index contributed by atoms with van der Waals surface area (Å²) in [4.78, 5) is 26.3. The average molecular weight is 503 g/mol. The summed E-state index contributed by atoms with van der Waals surface area (Å²) in [5.41, 5.74) is 14.2. The van der Waals surface area contributed by atoms with Crippen LogP contribution in [0.3, 0.4) is 0 Å². The summed E-state index contributed by atoms with van der Waals surface area (Å²) >= 11 is 0. The van der Waals surface area contributed by atoms with Gasteiger partial charge in [-0.25, -0.2) is 0 Å². The summed E-state index contributed by atoms with van der Waals surface area (Å²) in [5, 5.41) is 0. The van der Waals surface area contributed by atoms with Gasteiger partial charge >= 0.3 is 0 Å². The first-order valence-electron chi connectivity index (χ1n) is 12.2. The summed E-state index contributed by atoms with van der Waals surface area (Å²) < 4.78 is 11.6. The van der Waals surface area contributed by atoms with Gasteiger partial charge in [-0.15, -0.1) is 0 Å². The van der Waals surface area contributed by atoms with Gasteiger partial charge in [0, 0.05) is 34.0 Å². The predicted molar refractivity (Wildman–Crippen MR) is 148 cm³/mol. The molecule has 0 heterocycles. The Morgan fingerprint density at radius 3 is 1.79 bits per heavy atom. The largest absolute Gasteiger partial charge is 0.458 e. The number of benzene rings is 4. The topological polar surface area (TPSA) is 105 Å². The highest BCUT2D eigenvalue weighted by molar-refractivity contribution is 6.10. The zero-order valence-corrected chi connectivity index (χ0v) is 20.5. The number of anilines is 2. The molecule has 1 aliphatic rings. The van der Waals surface area contributed by atoms with E-state index < -0.39 is 0 Å². The molecule has 1 atom stereocenters. The number of nitrogen functional groups attached to an aromatic ring is 2. The minimum atomic E-state index is -0.330. The Hall–Kier alpha value is -5.10. The molecular formula is C32H26N2O4. The normalized spacial score (nSPS) is 14.4. The van der Waals surface area contributed by atoms with E-state index in [2.05, 4.69) is 0 Å². The Kier molecular flexibility index (Phi) is 7.04. The zero-order chi connectivity index (χ0) is 26.5. The number of nitrogens with two attached hydrogens (primary N) is 2. The maximum absolute atomic E-state index is 13.2. The molecule has 4 aromatic rings. The first-order chi connectivity index (χ1) is 18.4. The Bertz CT molecular complexity index is 1520. The van der Waals surface area contributed by atoms with Gasteiger partial charge < -0.3 is 20.9 Å². The second kappa shape index (κ2) is 10.9. The van der Waals surface area contributed by atoms with Gasteiger partial charge in [0.25, 0.3) is 0 Å². The molecule has 5 rings (SSSR count). The fourth-order valence-corrected chi connectivity index (χ4v) is 4.08. The fraction of sp³-hybridized carbons (Fsp3) is 0.0625. The van der Waals surface area contributed by atoms with E-state index in [-0.39, 0.29) is 17.5 Å². The highest BCUT2D eigenvalue weighted by Crippen LogP contribution is 2.26. The monoisotopic (exact) mass is 502 g/mol. The predicted octanol–water partition coefficient (Wildman–Crippen LogP) is 6.60. The number of allylic oxidation sites excluding steroid dienone is 3. The third-order valence-corrected chi connectivity index (χ3v) is 6.16. The molecule has 0 saturated carbocycles. The van der Waals surface area contributed by atoms with Crippen molar-refractivity contribution in [2.45, 2.75) is 6.42 Å². The number of ether oxygens (including phenoxy) is 2. The summed E-state index contributed by atoms with van der Waals surface area (Å²) in [6.45, 7) is 0. The van der Waals surface area contributed by atoms with Gasteiger partial charge in [-0.05, 0) is 97.4 Å². The molecule has 0 spiro atoms. The molecule has 188 valence electrons. The lowest BCUT2D eigenvalue weighted by Crippen LogP contribution is -2.15. The SMILES string of the molecule is Nc1ccc(OC2=CCC(C(=O)c3cccc(C(=O)c4ccc(Oc5ccc(N)cc5)cc4)c3)C=C2)cc1. The Morgan fingerprint density at radius 2 is 1.21 bits per heavy atom. The zero-order valence-electron chi connectivity index (χ0n) is 20.5. The first-order valence-corrected chi connectivity index (χ1v) is 12.2. The van der Waals surface area contributed by atoms with Crippen LogP contribution in [0.5, 0.6) is 17.2 Å². The van der Waals surface area contributed by atoms with E-state index >= 15 is 0 Å². The summed E-state index contributed by atoms with van der Waals surface area (Å²) in [7, 11) is 0. The molecule has 0 saturated heterocycles. The minimum absolute atomic E-state index is 0.0501. The van der Waals surface area contributed by atoms with Crippen LogP contribution >= 0.6 is 0 Å². The number of rotatable bonds is 8. The average Bonchev–Trinajstić information content (AvgIpc) is 2.96. The van der Waals surface area contributed by atoms with E-state index in [9.17, 15) is 9.59 Å². The van der Waals surface area contributed by atoms with Crippen LogP contribution in [0, 0.1) is 5.92 Å². The minimum Gasteiger partial charge on any atom is -0.458 e. The number of hydrogen-bond acceptors (Lipinski definition) is 6. The van der Waals surface area contributed by atoms with Crippen LogP contribution in [0.1, 0.15) is 32.7 Å². The van der Waals surface area contributed by atoms with Crippen LogP contribution in [-0.2, 0) is 0 Å². The van der Waals surface area contributed by atoms with Crippen LogP contribution in [0.25, 0.3) is 0 Å². The quantitative estimate of drug-likeness (QED) is 0.208. The smallest absolute Gasteiger partial charge is 0.193 e. The van der Waals surface area contributed by atoms with Gasteiger partial charge in [0.2, 0.25) is 0 Å². The van der Waals surface area contributed by atoms with Crippen molar-refractivity contribution in [2.24, 2.45) is 5.92 Å². The molecule has 0 aromatic heterocycles. The fourth-order valence-electron chi connectivity index (χ4n) is 4.08. The number of hydrogen-bond donors (Lipinski definition) is 2. The molecule has 6 heteroatoms. The maximum Gasteiger partial charge on any atom is 0.193 e. The van der Waals surface area contributed by atoms with Crippen LogP contribution in [-0.4, -0.2) is 11.6 Å². The number of Topliss-reactive ketones (excluding diaryl/α,β-unsaturated/α-hetero) is 1. The van der Waals surface area contributed by atoms with Crippen molar-refractivity contribution in [3.05, 3.63) is 138 Å². The molecule has 6 nitrogen and oxygen atoms in total. The molecule has 0 bridgehead atoms. The van der Waals surface area contributed by atoms with Gasteiger partial charge in [-0.3, -0.25) is 9.59 Å². The molecule has 1 unspecified atom stereocenters. The van der Waals surface area contributed by atoms with Gasteiger partial charge in [0.05, 0.1) is 0 Å². The lowest BCUT2D eigenvalue weighted by Gasteiger charge is -2.16. The van der Waals surface area contributed by atoms with E-state index in [1.807, 2.05) is 12.2 Å². The van der Waals surface area contributed by atoms with E-state index in [0.717, 1.165) is 0 Å². The Balaban J connectivity index is 1.23. The molecule has 0 aliphatic heterocycles. The van der Waals surface area contributed by atoms with Crippen LogP contribution in [0.4, 0.5) is 11.4 Å². The van der Waals surface area contributed by atoms with Gasteiger partial charge in [0.15, 0.2) is 11.6 Å². The maximum atomic E-state index is 13.2. The van der Waals surface area contributed by atoms with Crippen LogP contribution < -0.4 is 20.9 Å². The molecule has 0 radical (unpaired) electrons. The molecule has 0 amide bonds. The molecule has 4 aromatic carbocycles. The van der Waals surface area contributed by atoms with E-state index in [1.54, 1.807) is 103 Å². The van der Waals surface area contributed by atoms with Crippen molar-refractivity contribution in [3.63, 3.8) is 0 Å². The Labute approximate surface area is 220 Å². The molecule has 0 fully saturated rings. The number of carbonyl (C=O) groups is 2. The van der Waals surface area contributed by atoms with Gasteiger partial charge in [0.1, 0.15) is 23.0 Å². The van der Waals surface area contributed by atoms with Crippen molar-refractivity contribution in [2.75, 3.05) is 11.5 Å². The van der Waals surface area contributed by atoms with E-state index in [0.29, 0.717) is 57.5 Å². The second-order valence-electron chi connectivity index (χ2n) is 8.95. The summed E-state index contributed by atoms with van der Waals surface area (Å²) in [6.07, 6.45) is 6.03. The van der Waals surface area contributed by atoms with Crippen molar-refractivity contribution in [1.82, 2.24) is 0 Å². The lowest BCUT2D eigenvalue weighted by molar-refractivity contribution is 0.0945. The molecular weight excluding hydrogens is 476 g/mol. The molecule has 38 heavy (non-hydrogen) atoms. The van der Waals surface area contributed by atoms with Crippen molar-refractivity contribution in [3.8, 4) is 17.2 Å². The summed E-state index contributed by atoms with van der Waals surface area (Å²) in [6, 6.07) is 27.9. The first kappa shape index (κ1) is 24.6. The summed E-state index contributed by atoms with van der Waals surface area (Å²) in [5.74, 6) is 2.06. The Morgan fingerprint density at radius 1 is 0.658 bits per heavy atom. The number of ketones is 2. The highest BCUT2D eigenvalue weighted by atomic mass is 16.5. The second-order valence-corrected chi connectivity index (χ2v) is 8.95. The van der Waals surface area contributed by atoms with Crippen molar-refractivity contribution < 1.29 is 19.1 Å².